The summed E-state index contributed by atoms with van der Waals surface area (Å²) in [5.41, 5.74) is 4.40. The molecule has 0 saturated carbocycles. The van der Waals surface area contributed by atoms with Gasteiger partial charge in [-0.2, -0.15) is 0 Å². The van der Waals surface area contributed by atoms with Crippen molar-refractivity contribution in [3.05, 3.63) is 89.1 Å². The van der Waals surface area contributed by atoms with Crippen LogP contribution >= 0.6 is 11.8 Å². The molecule has 5 aromatic rings. The van der Waals surface area contributed by atoms with E-state index in [2.05, 4.69) is 49.8 Å². The van der Waals surface area contributed by atoms with Crippen LogP contribution in [0.15, 0.2) is 82.2 Å². The number of fused-ring (bicyclic) bond motifs is 2. The highest BCUT2D eigenvalue weighted by Gasteiger charge is 2.26. The zero-order valence-electron chi connectivity index (χ0n) is 22.7. The van der Waals surface area contributed by atoms with E-state index in [1.165, 1.54) is 0 Å². The number of hydrogen-bond acceptors (Lipinski definition) is 9. The van der Waals surface area contributed by atoms with Gasteiger partial charge in [0, 0.05) is 36.6 Å². The molecule has 2 aliphatic rings. The van der Waals surface area contributed by atoms with Crippen LogP contribution in [0, 0.1) is 5.92 Å². The molecule has 3 aromatic heterocycles. The van der Waals surface area contributed by atoms with E-state index in [9.17, 15) is 9.59 Å². The van der Waals surface area contributed by atoms with Crippen LogP contribution in [0.5, 0.6) is 0 Å². The second-order valence-corrected chi connectivity index (χ2v) is 11.5. The molecule has 2 N–H and O–H groups in total. The van der Waals surface area contributed by atoms with Gasteiger partial charge in [-0.05, 0) is 79.0 Å². The van der Waals surface area contributed by atoms with E-state index in [0.717, 1.165) is 83.1 Å². The molecule has 2 amide bonds. The average molecular weight is 577 g/mol. The number of piperidine rings is 1. The molecule has 5 heterocycles. The van der Waals surface area contributed by atoms with Crippen LogP contribution in [0.4, 0.5) is 10.7 Å². The summed E-state index contributed by atoms with van der Waals surface area (Å²) in [6.07, 6.45) is 5.36. The fourth-order valence-electron chi connectivity index (χ4n) is 5.50. The summed E-state index contributed by atoms with van der Waals surface area (Å²) in [6, 6.07) is 22.2. The number of thioether (sulfide) groups is 1. The van der Waals surface area contributed by atoms with Crippen molar-refractivity contribution >= 4 is 56.8 Å². The Morgan fingerprint density at radius 1 is 1.00 bits per heavy atom. The number of imide groups is 1. The minimum Gasteiger partial charge on any atom is -0.454 e. The highest BCUT2D eigenvalue weighted by molar-refractivity contribution is 8.18. The lowest BCUT2D eigenvalue weighted by Crippen LogP contribution is -2.38. The van der Waals surface area contributed by atoms with E-state index in [-0.39, 0.29) is 11.1 Å². The maximum Gasteiger partial charge on any atom is 0.290 e. The van der Waals surface area contributed by atoms with Crippen molar-refractivity contribution in [3.63, 3.8) is 0 Å². The number of carbonyl (C=O) groups excluding carboxylic acids is 2. The largest absolute Gasteiger partial charge is 0.454 e. The number of para-hydroxylation sites is 2. The number of nitrogens with zero attached hydrogens (tertiary/aromatic N) is 4. The van der Waals surface area contributed by atoms with Gasteiger partial charge in [-0.15, -0.1) is 0 Å². The Bertz CT molecular complexity index is 1810. The van der Waals surface area contributed by atoms with E-state index in [1.54, 1.807) is 18.3 Å². The molecule has 0 radical (unpaired) electrons. The minimum atomic E-state index is -0.386. The summed E-state index contributed by atoms with van der Waals surface area (Å²) in [5.74, 6) is 1.56. The third-order valence-corrected chi connectivity index (χ3v) is 8.50. The molecule has 2 aliphatic heterocycles. The summed E-state index contributed by atoms with van der Waals surface area (Å²) >= 11 is 0.888. The number of amides is 2. The summed E-state index contributed by atoms with van der Waals surface area (Å²) in [7, 11) is 0. The molecular weight excluding hydrogens is 548 g/mol. The zero-order chi connectivity index (χ0) is 28.5. The number of rotatable bonds is 7. The standard InChI is InChI=1S/C32H28N6O3S/c39-30-28(42-32(40)37-30)17-24-9-12-34-31(35-24)38-13-10-20(11-14-38)18-33-19-23-15-21-5-1-3-7-25(21)36-29(23)27-16-22-6-2-4-8-26(22)41-27/h1-9,12,15-17,20,33H,10-11,13-14,18-19H2,(H,37,39,40). The van der Waals surface area contributed by atoms with Crippen molar-refractivity contribution < 1.29 is 14.0 Å². The lowest BCUT2D eigenvalue weighted by atomic mass is 9.97. The topological polar surface area (TPSA) is 113 Å². The third-order valence-electron chi connectivity index (χ3n) is 7.69. The Morgan fingerprint density at radius 3 is 2.62 bits per heavy atom. The van der Waals surface area contributed by atoms with Gasteiger partial charge in [0.05, 0.1) is 16.1 Å². The van der Waals surface area contributed by atoms with Crippen molar-refractivity contribution in [2.75, 3.05) is 24.5 Å². The number of anilines is 1. The van der Waals surface area contributed by atoms with Gasteiger partial charge in [-0.25, -0.2) is 15.0 Å². The fourth-order valence-corrected chi connectivity index (χ4v) is 6.17. The predicted molar refractivity (Wildman–Crippen MR) is 165 cm³/mol. The molecule has 2 fully saturated rings. The first-order chi connectivity index (χ1) is 20.6. The summed E-state index contributed by atoms with van der Waals surface area (Å²) in [6.45, 7) is 3.29. The molecule has 210 valence electrons. The van der Waals surface area contributed by atoms with Gasteiger partial charge in [0.2, 0.25) is 5.95 Å². The zero-order valence-corrected chi connectivity index (χ0v) is 23.6. The van der Waals surface area contributed by atoms with Crippen LogP contribution in [0.1, 0.15) is 24.1 Å². The van der Waals surface area contributed by atoms with Gasteiger partial charge in [0.15, 0.2) is 5.76 Å². The lowest BCUT2D eigenvalue weighted by molar-refractivity contribution is -0.115. The van der Waals surface area contributed by atoms with Gasteiger partial charge in [0.25, 0.3) is 11.1 Å². The first-order valence-corrected chi connectivity index (χ1v) is 14.8. The lowest BCUT2D eigenvalue weighted by Gasteiger charge is -2.32. The normalized spacial score (nSPS) is 17.0. The predicted octanol–water partition coefficient (Wildman–Crippen LogP) is 5.77. The van der Waals surface area contributed by atoms with E-state index in [1.807, 2.05) is 36.4 Å². The van der Waals surface area contributed by atoms with Crippen molar-refractivity contribution in [1.29, 1.82) is 0 Å². The maximum absolute atomic E-state index is 11.9. The number of nitrogens with one attached hydrogen (secondary N) is 2. The quantitative estimate of drug-likeness (QED) is 0.233. The van der Waals surface area contributed by atoms with Gasteiger partial charge in [-0.1, -0.05) is 36.4 Å². The molecule has 10 heteroatoms. The molecule has 42 heavy (non-hydrogen) atoms. The molecule has 2 aromatic carbocycles. The summed E-state index contributed by atoms with van der Waals surface area (Å²) in [5, 5.41) is 7.77. The van der Waals surface area contributed by atoms with Crippen LogP contribution in [-0.4, -0.2) is 45.7 Å². The van der Waals surface area contributed by atoms with Crippen molar-refractivity contribution in [2.45, 2.75) is 19.4 Å². The van der Waals surface area contributed by atoms with E-state index >= 15 is 0 Å². The molecular formula is C32H28N6O3S. The molecule has 0 spiro atoms. The fraction of sp³-hybridized carbons (Fsp3) is 0.219. The third kappa shape index (κ3) is 5.50. The molecule has 9 nitrogen and oxygen atoms in total. The van der Waals surface area contributed by atoms with Crippen LogP contribution in [-0.2, 0) is 11.3 Å². The van der Waals surface area contributed by atoms with Crippen LogP contribution in [0.2, 0.25) is 0 Å². The van der Waals surface area contributed by atoms with Crippen molar-refractivity contribution in [3.8, 4) is 11.5 Å². The number of aromatic nitrogens is 3. The second kappa shape index (κ2) is 11.4. The number of hydrogen-bond donors (Lipinski definition) is 2. The number of furan rings is 1. The minimum absolute atomic E-state index is 0.347. The number of pyridine rings is 1. The average Bonchev–Trinajstić information content (AvgIpc) is 3.59. The smallest absolute Gasteiger partial charge is 0.290 e. The highest BCUT2D eigenvalue weighted by Crippen LogP contribution is 2.31. The van der Waals surface area contributed by atoms with Crippen LogP contribution in [0.3, 0.4) is 0 Å². The van der Waals surface area contributed by atoms with E-state index in [4.69, 9.17) is 9.40 Å². The number of carbonyl (C=O) groups is 2. The Labute approximate surface area is 246 Å². The van der Waals surface area contributed by atoms with Gasteiger partial charge in [-0.3, -0.25) is 14.9 Å². The molecule has 0 bridgehead atoms. The monoisotopic (exact) mass is 576 g/mol. The first kappa shape index (κ1) is 26.4. The Kier molecular flexibility index (Phi) is 7.15. The van der Waals surface area contributed by atoms with E-state index < -0.39 is 0 Å². The molecule has 2 saturated heterocycles. The molecule has 0 unspecified atom stereocenters. The summed E-state index contributed by atoms with van der Waals surface area (Å²) < 4.78 is 6.20. The van der Waals surface area contributed by atoms with Crippen LogP contribution < -0.4 is 15.5 Å². The first-order valence-electron chi connectivity index (χ1n) is 14.0. The van der Waals surface area contributed by atoms with E-state index in [0.29, 0.717) is 29.0 Å². The summed E-state index contributed by atoms with van der Waals surface area (Å²) in [4.78, 5) is 40.0. The van der Waals surface area contributed by atoms with Crippen molar-refractivity contribution in [1.82, 2.24) is 25.6 Å². The number of benzene rings is 2. The second-order valence-electron chi connectivity index (χ2n) is 10.5. The maximum atomic E-state index is 11.9. The van der Waals surface area contributed by atoms with Gasteiger partial charge >= 0.3 is 0 Å². The Balaban J connectivity index is 1.00. The van der Waals surface area contributed by atoms with Crippen LogP contribution in [0.25, 0.3) is 39.4 Å². The Hall–Kier alpha value is -4.54. The SMILES string of the molecule is O=C1NC(=O)C(=Cc2ccnc(N3CCC(CNCc4cc5ccccc5nc4-c4cc5ccccc5o4)CC3)n2)S1. The van der Waals surface area contributed by atoms with Gasteiger partial charge < -0.3 is 14.6 Å². The van der Waals surface area contributed by atoms with Crippen molar-refractivity contribution in [2.24, 2.45) is 5.92 Å². The highest BCUT2D eigenvalue weighted by atomic mass is 32.2. The molecule has 0 atom stereocenters. The molecule has 7 rings (SSSR count). The molecule has 0 aliphatic carbocycles. The Morgan fingerprint density at radius 2 is 1.81 bits per heavy atom. The van der Waals surface area contributed by atoms with Gasteiger partial charge in [0.1, 0.15) is 11.3 Å².